The summed E-state index contributed by atoms with van der Waals surface area (Å²) < 4.78 is 0.947. The van der Waals surface area contributed by atoms with Crippen molar-refractivity contribution in [3.63, 3.8) is 0 Å². The van der Waals surface area contributed by atoms with Crippen molar-refractivity contribution in [3.8, 4) is 6.07 Å². The van der Waals surface area contributed by atoms with Crippen LogP contribution in [0.25, 0.3) is 0 Å². The Morgan fingerprint density at radius 1 is 1.28 bits per heavy atom. The number of rotatable bonds is 7. The molecule has 1 unspecified atom stereocenters. The van der Waals surface area contributed by atoms with Gasteiger partial charge in [-0.25, -0.2) is 0 Å². The number of halogens is 1. The van der Waals surface area contributed by atoms with Crippen LogP contribution in [0.3, 0.4) is 0 Å². The van der Waals surface area contributed by atoms with Crippen LogP contribution >= 0.6 is 15.9 Å². The van der Waals surface area contributed by atoms with E-state index in [1.54, 1.807) is 0 Å². The molecular formula is C15H21BrN2. The van der Waals surface area contributed by atoms with Gasteiger partial charge in [0.25, 0.3) is 0 Å². The Morgan fingerprint density at radius 3 is 2.72 bits per heavy atom. The van der Waals surface area contributed by atoms with Gasteiger partial charge in [-0.15, -0.1) is 0 Å². The van der Waals surface area contributed by atoms with Crippen LogP contribution in [0.15, 0.2) is 22.7 Å². The van der Waals surface area contributed by atoms with E-state index in [9.17, 15) is 0 Å². The summed E-state index contributed by atoms with van der Waals surface area (Å²) in [5.74, 6) is 0. The number of unbranched alkanes of at least 4 members (excludes halogenated alkanes) is 3. The molecule has 0 saturated carbocycles. The zero-order valence-electron chi connectivity index (χ0n) is 11.2. The molecule has 0 amide bonds. The summed E-state index contributed by atoms with van der Waals surface area (Å²) in [6.45, 7) is 4.42. The predicted molar refractivity (Wildman–Crippen MR) is 80.7 cm³/mol. The Hall–Kier alpha value is -1.01. The molecule has 1 N–H and O–H groups in total. The van der Waals surface area contributed by atoms with Crippen molar-refractivity contribution in [2.45, 2.75) is 52.0 Å². The van der Waals surface area contributed by atoms with Crippen molar-refractivity contribution in [3.05, 3.63) is 28.2 Å². The average Bonchev–Trinajstić information content (AvgIpc) is 2.34. The second kappa shape index (κ2) is 8.16. The normalized spacial score (nSPS) is 11.9. The molecule has 1 aromatic rings. The first-order chi connectivity index (χ1) is 8.65. The van der Waals surface area contributed by atoms with E-state index in [2.05, 4.69) is 41.2 Å². The lowest BCUT2D eigenvalue weighted by Gasteiger charge is -2.15. The smallest absolute Gasteiger partial charge is 0.0992 e. The Balaban J connectivity index is 2.46. The number of hydrogen-bond acceptors (Lipinski definition) is 2. The number of nitriles is 1. The van der Waals surface area contributed by atoms with E-state index in [1.807, 2.05) is 18.2 Å². The molecule has 0 aromatic heterocycles. The van der Waals surface area contributed by atoms with Gasteiger partial charge in [0.2, 0.25) is 0 Å². The molecule has 1 atom stereocenters. The van der Waals surface area contributed by atoms with Crippen molar-refractivity contribution in [1.82, 2.24) is 0 Å². The van der Waals surface area contributed by atoms with Crippen LogP contribution in [0.1, 0.15) is 51.5 Å². The fraction of sp³-hybridized carbons (Fsp3) is 0.533. The van der Waals surface area contributed by atoms with E-state index in [4.69, 9.17) is 5.26 Å². The lowest BCUT2D eigenvalue weighted by molar-refractivity contribution is 0.594. The fourth-order valence-corrected chi connectivity index (χ4v) is 2.46. The van der Waals surface area contributed by atoms with Crippen molar-refractivity contribution < 1.29 is 0 Å². The van der Waals surface area contributed by atoms with Crippen molar-refractivity contribution in [2.75, 3.05) is 5.32 Å². The third-order valence-electron chi connectivity index (χ3n) is 2.93. The molecule has 98 valence electrons. The maximum Gasteiger partial charge on any atom is 0.0992 e. The SMILES string of the molecule is CCCCCCC(C)Nc1cc(Br)cc(C#N)c1. The van der Waals surface area contributed by atoms with Crippen LogP contribution < -0.4 is 5.32 Å². The summed E-state index contributed by atoms with van der Waals surface area (Å²) in [5.41, 5.74) is 1.70. The highest BCUT2D eigenvalue weighted by molar-refractivity contribution is 9.10. The van der Waals surface area contributed by atoms with Gasteiger partial charge in [0, 0.05) is 16.2 Å². The lowest BCUT2D eigenvalue weighted by Crippen LogP contribution is -2.14. The van der Waals surface area contributed by atoms with Gasteiger partial charge in [0.1, 0.15) is 0 Å². The van der Waals surface area contributed by atoms with E-state index in [-0.39, 0.29) is 0 Å². The van der Waals surface area contributed by atoms with E-state index < -0.39 is 0 Å². The van der Waals surface area contributed by atoms with Gasteiger partial charge in [0.05, 0.1) is 11.6 Å². The standard InChI is InChI=1S/C15H21BrN2/c1-3-4-5-6-7-12(2)18-15-9-13(11-17)8-14(16)10-15/h8-10,12,18H,3-7H2,1-2H3. The molecule has 1 aromatic carbocycles. The van der Waals surface area contributed by atoms with Crippen LogP contribution in [0.5, 0.6) is 0 Å². The lowest BCUT2D eigenvalue weighted by atomic mass is 10.1. The van der Waals surface area contributed by atoms with Gasteiger partial charge >= 0.3 is 0 Å². The first kappa shape index (κ1) is 15.0. The second-order valence-electron chi connectivity index (χ2n) is 4.74. The average molecular weight is 309 g/mol. The number of benzene rings is 1. The van der Waals surface area contributed by atoms with Crippen molar-refractivity contribution >= 4 is 21.6 Å². The van der Waals surface area contributed by atoms with Gasteiger partial charge in [-0.2, -0.15) is 5.26 Å². The van der Waals surface area contributed by atoms with Gasteiger partial charge in [0.15, 0.2) is 0 Å². The van der Waals surface area contributed by atoms with Crippen molar-refractivity contribution in [2.24, 2.45) is 0 Å². The third-order valence-corrected chi connectivity index (χ3v) is 3.39. The van der Waals surface area contributed by atoms with Crippen LogP contribution in [0.4, 0.5) is 5.69 Å². The minimum Gasteiger partial charge on any atom is -0.383 e. The minimum absolute atomic E-state index is 0.447. The topological polar surface area (TPSA) is 35.8 Å². The summed E-state index contributed by atoms with van der Waals surface area (Å²) in [6, 6.07) is 8.36. The summed E-state index contributed by atoms with van der Waals surface area (Å²) in [4.78, 5) is 0. The Morgan fingerprint density at radius 2 is 2.06 bits per heavy atom. The summed E-state index contributed by atoms with van der Waals surface area (Å²) in [6.07, 6.45) is 6.35. The van der Waals surface area contributed by atoms with Gasteiger partial charge in [-0.1, -0.05) is 48.5 Å². The number of nitrogens with one attached hydrogen (secondary N) is 1. The largest absolute Gasteiger partial charge is 0.383 e. The summed E-state index contributed by atoms with van der Waals surface area (Å²) in [7, 11) is 0. The molecular weight excluding hydrogens is 288 g/mol. The third kappa shape index (κ3) is 5.55. The number of nitrogens with zero attached hydrogens (tertiary/aromatic N) is 1. The molecule has 0 fully saturated rings. The Bertz CT molecular complexity index is 409. The summed E-state index contributed by atoms with van der Waals surface area (Å²) >= 11 is 3.43. The van der Waals surface area contributed by atoms with E-state index in [0.717, 1.165) is 10.2 Å². The predicted octanol–water partition coefficient (Wildman–Crippen LogP) is 5.09. The van der Waals surface area contributed by atoms with E-state index in [0.29, 0.717) is 11.6 Å². The molecule has 1 rings (SSSR count). The number of anilines is 1. The molecule has 3 heteroatoms. The summed E-state index contributed by atoms with van der Waals surface area (Å²) in [5, 5.41) is 12.4. The monoisotopic (exact) mass is 308 g/mol. The van der Waals surface area contributed by atoms with E-state index in [1.165, 1.54) is 32.1 Å². The molecule has 0 aliphatic heterocycles. The zero-order chi connectivity index (χ0) is 13.4. The molecule has 0 aliphatic rings. The highest BCUT2D eigenvalue weighted by atomic mass is 79.9. The van der Waals surface area contributed by atoms with Crippen LogP contribution in [-0.2, 0) is 0 Å². The molecule has 2 nitrogen and oxygen atoms in total. The highest BCUT2D eigenvalue weighted by Gasteiger charge is 2.04. The molecule has 18 heavy (non-hydrogen) atoms. The molecule has 0 saturated heterocycles. The number of hydrogen-bond donors (Lipinski definition) is 1. The van der Waals surface area contributed by atoms with Crippen LogP contribution in [-0.4, -0.2) is 6.04 Å². The maximum atomic E-state index is 8.92. The van der Waals surface area contributed by atoms with Crippen molar-refractivity contribution in [1.29, 1.82) is 5.26 Å². The zero-order valence-corrected chi connectivity index (χ0v) is 12.8. The molecule has 0 radical (unpaired) electrons. The van der Waals surface area contributed by atoms with Crippen LogP contribution in [0, 0.1) is 11.3 Å². The second-order valence-corrected chi connectivity index (χ2v) is 5.65. The van der Waals surface area contributed by atoms with Gasteiger partial charge < -0.3 is 5.32 Å². The maximum absolute atomic E-state index is 8.92. The Kier molecular flexibility index (Phi) is 6.82. The van der Waals surface area contributed by atoms with Crippen LogP contribution in [0.2, 0.25) is 0 Å². The van der Waals surface area contributed by atoms with Gasteiger partial charge in [-0.05, 0) is 31.5 Å². The minimum atomic E-state index is 0.447. The van der Waals surface area contributed by atoms with Gasteiger partial charge in [-0.3, -0.25) is 0 Å². The highest BCUT2D eigenvalue weighted by Crippen LogP contribution is 2.20. The first-order valence-electron chi connectivity index (χ1n) is 6.63. The Labute approximate surface area is 119 Å². The quantitative estimate of drug-likeness (QED) is 0.712. The first-order valence-corrected chi connectivity index (χ1v) is 7.42. The van der Waals surface area contributed by atoms with E-state index >= 15 is 0 Å². The molecule has 0 bridgehead atoms. The fourth-order valence-electron chi connectivity index (χ4n) is 1.97. The molecule has 0 spiro atoms. The molecule has 0 heterocycles. The molecule has 0 aliphatic carbocycles.